The Kier molecular flexibility index (Phi) is 3.49. The number of halogens is 1. The fourth-order valence-electron chi connectivity index (χ4n) is 2.11. The van der Waals surface area contributed by atoms with Crippen molar-refractivity contribution in [2.24, 2.45) is 0 Å². The van der Waals surface area contributed by atoms with Crippen molar-refractivity contribution < 1.29 is 22.7 Å². The third-order valence-corrected chi connectivity index (χ3v) is 5.01. The van der Waals surface area contributed by atoms with E-state index in [-0.39, 0.29) is 22.8 Å². The average Bonchev–Trinajstić information content (AvgIpc) is 2.68. The third kappa shape index (κ3) is 2.86. The summed E-state index contributed by atoms with van der Waals surface area (Å²) >= 11 is 0. The number of hydrogen-bond donors (Lipinski definition) is 1. The molecule has 1 aromatic carbocycles. The maximum atomic E-state index is 13.6. The lowest BCUT2D eigenvalue weighted by Crippen LogP contribution is -2.38. The van der Waals surface area contributed by atoms with Gasteiger partial charge in [0.15, 0.2) is 9.84 Å². The summed E-state index contributed by atoms with van der Waals surface area (Å²) in [4.78, 5) is 13.3. The number of phenols is 1. The molecule has 1 unspecified atom stereocenters. The van der Waals surface area contributed by atoms with Crippen LogP contribution in [0, 0.1) is 5.82 Å². The zero-order valence-electron chi connectivity index (χ0n) is 10.3. The first-order valence-electron chi connectivity index (χ1n) is 5.76. The molecule has 1 N–H and O–H groups in total. The molecule has 104 valence electrons. The molecule has 1 aliphatic heterocycles. The normalized spacial score (nSPS) is 21.3. The Hall–Kier alpha value is -1.63. The number of amides is 1. The highest BCUT2D eigenvalue weighted by molar-refractivity contribution is 7.91. The van der Waals surface area contributed by atoms with Crippen molar-refractivity contribution in [3.63, 3.8) is 0 Å². The predicted molar refractivity (Wildman–Crippen MR) is 67.2 cm³/mol. The largest absolute Gasteiger partial charge is 0.508 e. The third-order valence-electron chi connectivity index (χ3n) is 3.26. The number of carbonyl (C=O) groups is 1. The number of hydrogen-bond acceptors (Lipinski definition) is 4. The van der Waals surface area contributed by atoms with Gasteiger partial charge in [-0.2, -0.15) is 0 Å². The molecular weight excluding hydrogens is 273 g/mol. The summed E-state index contributed by atoms with van der Waals surface area (Å²) in [6.45, 7) is 0. The van der Waals surface area contributed by atoms with E-state index < -0.39 is 27.6 Å². The van der Waals surface area contributed by atoms with Gasteiger partial charge in [-0.05, 0) is 18.6 Å². The van der Waals surface area contributed by atoms with Gasteiger partial charge in [0.05, 0.1) is 17.1 Å². The van der Waals surface area contributed by atoms with Crippen molar-refractivity contribution in [1.29, 1.82) is 0 Å². The lowest BCUT2D eigenvalue weighted by Gasteiger charge is -2.23. The van der Waals surface area contributed by atoms with Gasteiger partial charge in [0, 0.05) is 19.2 Å². The number of aromatic hydroxyl groups is 1. The Labute approximate surface area is 110 Å². The van der Waals surface area contributed by atoms with E-state index in [2.05, 4.69) is 0 Å². The standard InChI is InChI=1S/C12H14FNO4S/c1-14(8-4-5-19(17,18)7-8)12(16)10-3-2-9(15)6-11(10)13/h2-3,6,8,15H,4-5,7H2,1H3. The van der Waals surface area contributed by atoms with Crippen molar-refractivity contribution in [2.75, 3.05) is 18.6 Å². The van der Waals surface area contributed by atoms with Gasteiger partial charge >= 0.3 is 0 Å². The van der Waals surface area contributed by atoms with E-state index in [1.165, 1.54) is 24.1 Å². The Balaban J connectivity index is 2.20. The molecule has 7 heteroatoms. The Morgan fingerprint density at radius 1 is 1.47 bits per heavy atom. The zero-order chi connectivity index (χ0) is 14.2. The second kappa shape index (κ2) is 4.80. The van der Waals surface area contributed by atoms with Crippen molar-refractivity contribution in [2.45, 2.75) is 12.5 Å². The van der Waals surface area contributed by atoms with E-state index >= 15 is 0 Å². The number of phenolic OH excluding ortho intramolecular Hbond substituents is 1. The summed E-state index contributed by atoms with van der Waals surface area (Å²) in [6.07, 6.45) is 0.365. The van der Waals surface area contributed by atoms with Gasteiger partial charge < -0.3 is 10.0 Å². The Bertz CT molecular complexity index is 614. The zero-order valence-corrected chi connectivity index (χ0v) is 11.2. The van der Waals surface area contributed by atoms with Crippen molar-refractivity contribution >= 4 is 15.7 Å². The van der Waals surface area contributed by atoms with Crippen molar-refractivity contribution in [3.8, 4) is 5.75 Å². The maximum Gasteiger partial charge on any atom is 0.256 e. The minimum absolute atomic E-state index is 0.0490. The number of carbonyl (C=O) groups excluding carboxylic acids is 1. The molecule has 5 nitrogen and oxygen atoms in total. The van der Waals surface area contributed by atoms with Crippen LogP contribution in [0.2, 0.25) is 0 Å². The number of sulfone groups is 1. The molecule has 1 aliphatic rings. The summed E-state index contributed by atoms with van der Waals surface area (Å²) in [7, 11) is -1.64. The van der Waals surface area contributed by atoms with E-state index in [9.17, 15) is 17.6 Å². The van der Waals surface area contributed by atoms with Crippen molar-refractivity contribution in [1.82, 2.24) is 4.90 Å². The summed E-state index contributed by atoms with van der Waals surface area (Å²) in [6, 6.07) is 2.83. The van der Waals surface area contributed by atoms with Gasteiger partial charge in [0.2, 0.25) is 0 Å². The van der Waals surface area contributed by atoms with Gasteiger partial charge in [-0.25, -0.2) is 12.8 Å². The molecule has 1 saturated heterocycles. The summed E-state index contributed by atoms with van der Waals surface area (Å²) < 4.78 is 36.3. The molecular formula is C12H14FNO4S. The van der Waals surface area contributed by atoms with Crippen LogP contribution in [-0.4, -0.2) is 48.9 Å². The monoisotopic (exact) mass is 287 g/mol. The lowest BCUT2D eigenvalue weighted by atomic mass is 10.1. The summed E-state index contributed by atoms with van der Waals surface area (Å²) in [5, 5.41) is 9.09. The maximum absolute atomic E-state index is 13.6. The number of rotatable bonds is 2. The Morgan fingerprint density at radius 2 is 2.16 bits per heavy atom. The lowest BCUT2D eigenvalue weighted by molar-refractivity contribution is 0.0743. The first-order valence-corrected chi connectivity index (χ1v) is 7.58. The van der Waals surface area contributed by atoms with E-state index in [0.29, 0.717) is 6.42 Å². The second-order valence-corrected chi connectivity index (χ2v) is 6.87. The molecule has 19 heavy (non-hydrogen) atoms. The highest BCUT2D eigenvalue weighted by Crippen LogP contribution is 2.21. The van der Waals surface area contributed by atoms with Crippen LogP contribution in [0.25, 0.3) is 0 Å². The van der Waals surface area contributed by atoms with Crippen LogP contribution in [0.3, 0.4) is 0 Å². The molecule has 2 rings (SSSR count). The smallest absolute Gasteiger partial charge is 0.256 e. The summed E-state index contributed by atoms with van der Waals surface area (Å²) in [5.74, 6) is -1.71. The topological polar surface area (TPSA) is 74.7 Å². The van der Waals surface area contributed by atoms with Crippen LogP contribution in [0.5, 0.6) is 5.75 Å². The second-order valence-electron chi connectivity index (χ2n) is 4.64. The Morgan fingerprint density at radius 3 is 2.68 bits per heavy atom. The molecule has 1 aromatic rings. The van der Waals surface area contributed by atoms with E-state index in [4.69, 9.17) is 5.11 Å². The highest BCUT2D eigenvalue weighted by atomic mass is 32.2. The van der Waals surface area contributed by atoms with Gasteiger partial charge in [-0.15, -0.1) is 0 Å². The van der Waals surface area contributed by atoms with Crippen LogP contribution < -0.4 is 0 Å². The predicted octanol–water partition coefficient (Wildman–Crippen LogP) is 0.790. The molecule has 0 aliphatic carbocycles. The molecule has 1 atom stereocenters. The van der Waals surface area contributed by atoms with E-state index in [1.54, 1.807) is 0 Å². The van der Waals surface area contributed by atoms with Crippen LogP contribution in [0.4, 0.5) is 4.39 Å². The molecule has 1 heterocycles. The van der Waals surface area contributed by atoms with Crippen LogP contribution in [0.1, 0.15) is 16.8 Å². The van der Waals surface area contributed by atoms with Gasteiger partial charge in [-0.3, -0.25) is 4.79 Å². The minimum atomic E-state index is -3.10. The minimum Gasteiger partial charge on any atom is -0.508 e. The molecule has 0 spiro atoms. The molecule has 0 saturated carbocycles. The number of nitrogens with zero attached hydrogens (tertiary/aromatic N) is 1. The van der Waals surface area contributed by atoms with Crippen LogP contribution in [0.15, 0.2) is 18.2 Å². The SMILES string of the molecule is CN(C(=O)c1ccc(O)cc1F)C1CCS(=O)(=O)C1. The molecule has 1 fully saturated rings. The van der Waals surface area contributed by atoms with Gasteiger partial charge in [-0.1, -0.05) is 0 Å². The van der Waals surface area contributed by atoms with Crippen LogP contribution in [-0.2, 0) is 9.84 Å². The molecule has 0 bridgehead atoms. The quantitative estimate of drug-likeness (QED) is 0.872. The van der Waals surface area contributed by atoms with Crippen LogP contribution >= 0.6 is 0 Å². The molecule has 0 aromatic heterocycles. The molecule has 0 radical (unpaired) electrons. The first-order chi connectivity index (χ1) is 8.80. The fourth-order valence-corrected chi connectivity index (χ4v) is 3.89. The van der Waals surface area contributed by atoms with E-state index in [1.807, 2.05) is 0 Å². The first kappa shape index (κ1) is 13.8. The summed E-state index contributed by atoms with van der Waals surface area (Å²) in [5.41, 5.74) is -0.176. The number of benzene rings is 1. The van der Waals surface area contributed by atoms with Crippen molar-refractivity contribution in [3.05, 3.63) is 29.6 Å². The average molecular weight is 287 g/mol. The fraction of sp³-hybridized carbons (Fsp3) is 0.417. The van der Waals surface area contributed by atoms with Gasteiger partial charge in [0.1, 0.15) is 11.6 Å². The van der Waals surface area contributed by atoms with E-state index in [0.717, 1.165) is 6.07 Å². The molecule has 1 amide bonds. The van der Waals surface area contributed by atoms with Gasteiger partial charge in [0.25, 0.3) is 5.91 Å². The highest BCUT2D eigenvalue weighted by Gasteiger charge is 2.33.